The van der Waals surface area contributed by atoms with E-state index in [4.69, 9.17) is 10.9 Å². The molecule has 0 atom stereocenters. The van der Waals surface area contributed by atoms with Gasteiger partial charge in [-0.25, -0.2) is 0 Å². The molecule has 0 aromatic heterocycles. The summed E-state index contributed by atoms with van der Waals surface area (Å²) in [6.07, 6.45) is -4.92. The normalized spacial score (nSPS) is 49.9. The summed E-state index contributed by atoms with van der Waals surface area (Å²) in [6.45, 7) is -0.992. The molecule has 0 aromatic rings. The minimum atomic E-state index is -2.63. The van der Waals surface area contributed by atoms with Gasteiger partial charge in [0.2, 0.25) is 2.86 Å². The summed E-state index contributed by atoms with van der Waals surface area (Å²) >= 11 is 3.89. The lowest BCUT2D eigenvalue weighted by Gasteiger charge is -2.26. The summed E-state index contributed by atoms with van der Waals surface area (Å²) in [6, 6.07) is 0. The molecule has 3 N–H and O–H groups in total. The number of hydrogen-bond acceptors (Lipinski definition) is 3. The van der Waals surface area contributed by atoms with Crippen molar-refractivity contribution in [3.63, 3.8) is 0 Å². The van der Waals surface area contributed by atoms with Gasteiger partial charge in [0.15, 0.2) is 5.79 Å². The fraction of sp³-hybridized carbons (Fsp3) is 1.00. The average molecular weight is 162 g/mol. The third-order valence-corrected chi connectivity index (χ3v) is 0.847. The SMILES string of the molecule is [2H]Cl.[2H]OC1(O[2H])C([2H])([2H])CN([2H])CC1([2H])[2H]. The second kappa shape index (κ2) is 3.37. The number of rotatable bonds is 2. The van der Waals surface area contributed by atoms with Crippen LogP contribution >= 0.6 is 12.3 Å². The van der Waals surface area contributed by atoms with E-state index in [0.717, 1.165) is 0 Å². The third-order valence-electron chi connectivity index (χ3n) is 0.847. The van der Waals surface area contributed by atoms with Crippen LogP contribution in [-0.2, 0) is 0 Å². The fourth-order valence-electron chi connectivity index (χ4n) is 0.438. The molecule has 1 fully saturated rings. The molecular formula is C5H12ClNO2. The summed E-state index contributed by atoms with van der Waals surface area (Å²) < 4.78 is 55.9. The lowest BCUT2D eigenvalue weighted by atomic mass is 10.1. The molecular weight excluding hydrogens is 142 g/mol. The van der Waals surface area contributed by atoms with E-state index in [1.165, 1.54) is 0 Å². The maximum atomic E-state index is 7.49. The van der Waals surface area contributed by atoms with Crippen molar-refractivity contribution < 1.29 is 17.1 Å². The van der Waals surface area contributed by atoms with Crippen LogP contribution in [0.25, 0.3) is 0 Å². The Balaban J connectivity index is 0.00000121. The molecule has 0 saturated carbocycles. The second-order valence-corrected chi connectivity index (χ2v) is 1.51. The molecule has 0 spiro atoms. The molecule has 1 heterocycles. The van der Waals surface area contributed by atoms with Crippen LogP contribution in [-0.4, -0.2) is 33.1 Å². The van der Waals surface area contributed by atoms with Gasteiger partial charge in [-0.3, -0.25) is 0 Å². The Morgan fingerprint density at radius 1 is 1.67 bits per heavy atom. The minimum absolute atomic E-state index is 0.496. The molecule has 4 heteroatoms. The highest BCUT2D eigenvalue weighted by molar-refractivity contribution is 5.85. The monoisotopic (exact) mass is 161 g/mol. The lowest BCUT2D eigenvalue weighted by Crippen LogP contribution is -2.41. The van der Waals surface area contributed by atoms with Crippen molar-refractivity contribution in [3.8, 4) is 0 Å². The molecule has 0 unspecified atom stereocenters. The molecule has 3 nitrogen and oxygen atoms in total. The van der Waals surface area contributed by atoms with Gasteiger partial charge in [-0.1, -0.05) is 0 Å². The van der Waals surface area contributed by atoms with E-state index in [9.17, 15) is 0 Å². The topological polar surface area (TPSA) is 52.5 Å². The Hall–Kier alpha value is 0.170. The van der Waals surface area contributed by atoms with Gasteiger partial charge in [-0.15, -0.1) is 12.3 Å². The van der Waals surface area contributed by atoms with Crippen LogP contribution < -0.4 is 5.31 Å². The number of aliphatic hydroxyl groups is 2. The maximum absolute atomic E-state index is 7.49. The molecule has 0 aromatic carbocycles. The summed E-state index contributed by atoms with van der Waals surface area (Å²) in [5.74, 6) is -2.63. The molecule has 0 amide bonds. The van der Waals surface area contributed by atoms with Crippen LogP contribution in [0, 0.1) is 0 Å². The van der Waals surface area contributed by atoms with Gasteiger partial charge in [-0.2, -0.15) is 0 Å². The van der Waals surface area contributed by atoms with E-state index in [1.807, 2.05) is 0 Å². The predicted molar refractivity (Wildman–Crippen MR) is 36.5 cm³/mol. The van der Waals surface area contributed by atoms with Crippen LogP contribution in [0.2, 0.25) is 1.41 Å². The van der Waals surface area contributed by atoms with Gasteiger partial charge < -0.3 is 15.5 Å². The molecule has 1 aliphatic heterocycles. The van der Waals surface area contributed by atoms with E-state index in [0.29, 0.717) is 5.31 Å². The highest BCUT2D eigenvalue weighted by Gasteiger charge is 2.24. The quantitative estimate of drug-likeness (QED) is 0.478. The Bertz CT molecular complexity index is 230. The average Bonchev–Trinajstić information content (AvgIpc) is 2.18. The van der Waals surface area contributed by atoms with Crippen molar-refractivity contribution in [1.29, 1.82) is 4.04 Å². The van der Waals surface area contributed by atoms with Crippen LogP contribution in [0.15, 0.2) is 0 Å². The van der Waals surface area contributed by atoms with Gasteiger partial charge in [0, 0.05) is 31.3 Å². The molecule has 1 rings (SSSR count). The van der Waals surface area contributed by atoms with Crippen molar-refractivity contribution in [2.24, 2.45) is 0 Å². The number of nitrogens with one attached hydrogen (secondary N) is 1. The zero-order valence-corrected chi connectivity index (χ0v) is 5.31. The van der Waals surface area contributed by atoms with Crippen molar-refractivity contribution in [3.05, 3.63) is 0 Å². The van der Waals surface area contributed by atoms with Crippen molar-refractivity contribution in [2.75, 3.05) is 13.1 Å². The number of piperidine rings is 1. The maximum Gasteiger partial charge on any atom is 0.214 e. The van der Waals surface area contributed by atoms with Gasteiger partial charge in [0.1, 0.15) is 2.58 Å². The standard InChI is InChI=1S/C5H11NO2.ClH/c7-5(8)1-3-6-4-2-5;/h6-8H,1-4H2;1H/i1D2,2D2,7D,8D;/hD2. The van der Waals surface area contributed by atoms with E-state index in [-0.39, 0.29) is 0 Å². The molecule has 0 bridgehead atoms. The van der Waals surface area contributed by atoms with Crippen LogP contribution in [0.4, 0.5) is 0 Å². The summed E-state index contributed by atoms with van der Waals surface area (Å²) in [7, 11) is 0. The van der Waals surface area contributed by atoms with Gasteiger partial charge in [0.25, 0.3) is 0 Å². The number of hydrogen-bond donors (Lipinski definition) is 3. The Kier molecular flexibility index (Phi) is 0.876. The first-order valence-corrected chi connectivity index (χ1v) is 2.25. The van der Waals surface area contributed by atoms with Crippen LogP contribution in [0.5, 0.6) is 0 Å². The van der Waals surface area contributed by atoms with Gasteiger partial charge in [-0.05, 0) is 0 Å². The number of halogens is 1. The van der Waals surface area contributed by atoms with Crippen molar-refractivity contribution in [2.45, 2.75) is 18.5 Å². The largest absolute Gasteiger partial charge is 0.366 e. The predicted octanol–water partition coefficient (Wildman–Crippen LogP) is -0.528. The summed E-state index contributed by atoms with van der Waals surface area (Å²) in [5, 5.41) is 8.65. The molecule has 9 heavy (non-hydrogen) atoms. The Morgan fingerprint density at radius 2 is 2.22 bits per heavy atom. The first-order valence-electron chi connectivity index (χ1n) is 5.89. The third kappa shape index (κ3) is 3.01. The lowest BCUT2D eigenvalue weighted by molar-refractivity contribution is -0.175. The summed E-state index contributed by atoms with van der Waals surface area (Å²) in [4.78, 5) is 0. The van der Waals surface area contributed by atoms with Crippen LogP contribution in [0.3, 0.4) is 0 Å². The van der Waals surface area contributed by atoms with Crippen molar-refractivity contribution >= 4 is 12.3 Å². The minimum Gasteiger partial charge on any atom is -0.366 e. The van der Waals surface area contributed by atoms with E-state index >= 15 is 0 Å². The fourth-order valence-corrected chi connectivity index (χ4v) is 0.438. The molecule has 0 aliphatic carbocycles. The van der Waals surface area contributed by atoms with Crippen LogP contribution in [0.1, 0.15) is 18.2 Å². The smallest absolute Gasteiger partial charge is 0.214 e. The van der Waals surface area contributed by atoms with E-state index < -0.39 is 31.6 Å². The summed E-state index contributed by atoms with van der Waals surface area (Å²) in [5.41, 5.74) is 0. The van der Waals surface area contributed by atoms with Crippen molar-refractivity contribution in [1.82, 2.24) is 5.31 Å². The highest BCUT2D eigenvalue weighted by Crippen LogP contribution is 2.12. The Morgan fingerprint density at radius 3 is 2.67 bits per heavy atom. The molecule has 0 radical (unpaired) electrons. The first kappa shape index (κ1) is 2.34. The zero-order valence-electron chi connectivity index (χ0n) is 12.6. The van der Waals surface area contributed by atoms with E-state index in [1.54, 1.807) is 0 Å². The Labute approximate surface area is 71.7 Å². The molecule has 1 aliphatic rings. The highest BCUT2D eigenvalue weighted by atomic mass is 35.5. The molecule has 56 valence electrons. The second-order valence-electron chi connectivity index (χ2n) is 1.51. The first-order chi connectivity index (χ1) is 7.72. The van der Waals surface area contributed by atoms with Gasteiger partial charge in [0.05, 0.1) is 0 Å². The van der Waals surface area contributed by atoms with E-state index in [2.05, 4.69) is 22.5 Å². The molecule has 1 saturated heterocycles. The van der Waals surface area contributed by atoms with Gasteiger partial charge >= 0.3 is 0 Å². The zero-order chi connectivity index (χ0) is 13.9.